The van der Waals surface area contributed by atoms with Crippen molar-refractivity contribution >= 4 is 17.2 Å². The Kier molecular flexibility index (Phi) is 6.19. The second-order valence-electron chi connectivity index (χ2n) is 6.41. The summed E-state index contributed by atoms with van der Waals surface area (Å²) in [4.78, 5) is 14.6. The summed E-state index contributed by atoms with van der Waals surface area (Å²) in [6.45, 7) is 0.514. The van der Waals surface area contributed by atoms with Gasteiger partial charge in [-0.05, 0) is 48.7 Å². The van der Waals surface area contributed by atoms with Gasteiger partial charge >= 0.3 is 6.61 Å². The van der Waals surface area contributed by atoms with E-state index >= 15 is 0 Å². The molecule has 3 rings (SSSR count). The highest BCUT2D eigenvalue weighted by atomic mass is 19.3. The Balaban J connectivity index is 1.56. The molecule has 4 nitrogen and oxygen atoms in total. The van der Waals surface area contributed by atoms with E-state index in [1.165, 1.54) is 23.3 Å². The minimum atomic E-state index is -2.86. The summed E-state index contributed by atoms with van der Waals surface area (Å²) in [7, 11) is 0. The van der Waals surface area contributed by atoms with E-state index in [-0.39, 0.29) is 17.7 Å². The third-order valence-electron chi connectivity index (χ3n) is 4.66. The van der Waals surface area contributed by atoms with Crippen molar-refractivity contribution < 1.29 is 18.3 Å². The van der Waals surface area contributed by atoms with Crippen LogP contribution in [-0.2, 0) is 4.79 Å². The van der Waals surface area contributed by atoms with Gasteiger partial charge in [0.1, 0.15) is 5.75 Å². The van der Waals surface area contributed by atoms with E-state index in [4.69, 9.17) is 0 Å². The number of halogens is 2. The summed E-state index contributed by atoms with van der Waals surface area (Å²) in [6.07, 6.45) is 3.06. The molecule has 0 saturated heterocycles. The first-order chi connectivity index (χ1) is 13.0. The van der Waals surface area contributed by atoms with Crippen molar-refractivity contribution in [2.75, 3.05) is 18.4 Å². The van der Waals surface area contributed by atoms with Crippen molar-refractivity contribution in [3.05, 3.63) is 66.2 Å². The van der Waals surface area contributed by atoms with E-state index < -0.39 is 6.61 Å². The van der Waals surface area contributed by atoms with Crippen molar-refractivity contribution in [1.29, 1.82) is 0 Å². The fourth-order valence-electron chi connectivity index (χ4n) is 3.08. The first kappa shape index (κ1) is 19.0. The van der Waals surface area contributed by atoms with Crippen LogP contribution in [0.5, 0.6) is 5.75 Å². The molecule has 1 atom stereocenters. The number of carbonyl (C=O) groups excluding carboxylic acids is 1. The Morgan fingerprint density at radius 2 is 1.81 bits per heavy atom. The average molecular weight is 372 g/mol. The van der Waals surface area contributed by atoms with Crippen LogP contribution in [0.15, 0.2) is 60.7 Å². The third-order valence-corrected chi connectivity index (χ3v) is 4.66. The molecule has 0 radical (unpaired) electrons. The Labute approximate surface area is 157 Å². The molecule has 142 valence electrons. The Hall–Kier alpha value is -2.73. The quantitative estimate of drug-likeness (QED) is 0.817. The molecule has 1 aliphatic rings. The molecule has 0 bridgehead atoms. The van der Waals surface area contributed by atoms with Gasteiger partial charge in [-0.3, -0.25) is 9.69 Å². The molecule has 1 amide bonds. The van der Waals surface area contributed by atoms with E-state index in [2.05, 4.69) is 33.2 Å². The lowest BCUT2D eigenvalue weighted by Crippen LogP contribution is -2.44. The smallest absolute Gasteiger partial charge is 0.387 e. The van der Waals surface area contributed by atoms with Crippen LogP contribution in [0.2, 0.25) is 0 Å². The van der Waals surface area contributed by atoms with Crippen molar-refractivity contribution in [2.24, 2.45) is 0 Å². The highest BCUT2D eigenvalue weighted by molar-refractivity contribution is 5.94. The summed E-state index contributed by atoms with van der Waals surface area (Å²) >= 11 is 0. The highest BCUT2D eigenvalue weighted by Gasteiger charge is 2.23. The Morgan fingerprint density at radius 1 is 1.11 bits per heavy atom. The van der Waals surface area contributed by atoms with Gasteiger partial charge < -0.3 is 10.1 Å². The second kappa shape index (κ2) is 8.77. The molecule has 1 unspecified atom stereocenters. The molecule has 2 aromatic carbocycles. The molecule has 1 N–H and O–H groups in total. The summed E-state index contributed by atoms with van der Waals surface area (Å²) in [5.74, 6) is -0.0697. The summed E-state index contributed by atoms with van der Waals surface area (Å²) in [5, 5.41) is 2.82. The topological polar surface area (TPSA) is 41.6 Å². The van der Waals surface area contributed by atoms with E-state index in [0.717, 1.165) is 13.0 Å². The summed E-state index contributed by atoms with van der Waals surface area (Å²) < 4.78 is 28.7. The normalized spacial score (nSPS) is 15.9. The van der Waals surface area contributed by atoms with Gasteiger partial charge in [-0.15, -0.1) is 0 Å². The Morgan fingerprint density at radius 3 is 2.41 bits per heavy atom. The van der Waals surface area contributed by atoms with Crippen molar-refractivity contribution in [3.63, 3.8) is 0 Å². The average Bonchev–Trinajstić information content (AvgIpc) is 2.69. The molecule has 0 aromatic heterocycles. The number of benzene rings is 2. The van der Waals surface area contributed by atoms with Gasteiger partial charge in [0.2, 0.25) is 5.91 Å². The van der Waals surface area contributed by atoms with Crippen LogP contribution in [0.3, 0.4) is 0 Å². The van der Waals surface area contributed by atoms with Crippen LogP contribution in [0.4, 0.5) is 14.5 Å². The van der Waals surface area contributed by atoms with E-state index in [1.54, 1.807) is 12.1 Å². The fourth-order valence-corrected chi connectivity index (χ4v) is 3.08. The molecular weight excluding hydrogens is 350 g/mol. The molecule has 0 fully saturated rings. The van der Waals surface area contributed by atoms with E-state index in [0.29, 0.717) is 12.2 Å². The lowest BCUT2D eigenvalue weighted by atomic mass is 9.99. The first-order valence-corrected chi connectivity index (χ1v) is 8.87. The maximum absolute atomic E-state index is 12.5. The number of anilines is 1. The Bertz CT molecular complexity index is 792. The summed E-state index contributed by atoms with van der Waals surface area (Å²) in [5.41, 5.74) is 3.07. The monoisotopic (exact) mass is 372 g/mol. The van der Waals surface area contributed by atoms with Crippen LogP contribution >= 0.6 is 0 Å². The van der Waals surface area contributed by atoms with Gasteiger partial charge in [-0.1, -0.05) is 36.4 Å². The number of alkyl halides is 2. The molecule has 0 spiro atoms. The van der Waals surface area contributed by atoms with Crippen LogP contribution < -0.4 is 10.1 Å². The minimum absolute atomic E-state index is 0.0608. The van der Waals surface area contributed by atoms with E-state index in [1.807, 2.05) is 25.1 Å². The second-order valence-corrected chi connectivity index (χ2v) is 6.41. The zero-order chi connectivity index (χ0) is 19.2. The number of nitrogens with one attached hydrogen (secondary N) is 1. The van der Waals surface area contributed by atoms with Gasteiger partial charge in [0.15, 0.2) is 0 Å². The third kappa shape index (κ3) is 5.14. The lowest BCUT2D eigenvalue weighted by Gasteiger charge is -2.31. The van der Waals surface area contributed by atoms with E-state index in [9.17, 15) is 13.6 Å². The van der Waals surface area contributed by atoms with Gasteiger partial charge in [-0.25, -0.2) is 0 Å². The molecule has 1 aliphatic heterocycles. The molecule has 1 heterocycles. The van der Waals surface area contributed by atoms with Gasteiger partial charge in [0.05, 0.1) is 6.04 Å². The predicted molar refractivity (Wildman–Crippen MR) is 102 cm³/mol. The fraction of sp³-hybridized carbons (Fsp3) is 0.286. The zero-order valence-corrected chi connectivity index (χ0v) is 15.1. The maximum atomic E-state index is 12.5. The molecule has 2 aromatic rings. The van der Waals surface area contributed by atoms with Crippen molar-refractivity contribution in [2.45, 2.75) is 26.0 Å². The molecule has 0 saturated carbocycles. The van der Waals surface area contributed by atoms with Crippen LogP contribution in [-0.4, -0.2) is 36.5 Å². The van der Waals surface area contributed by atoms with Crippen molar-refractivity contribution in [3.8, 4) is 5.75 Å². The zero-order valence-electron chi connectivity index (χ0n) is 15.1. The van der Waals surface area contributed by atoms with Crippen LogP contribution in [0.25, 0.3) is 5.57 Å². The number of amides is 1. The molecule has 27 heavy (non-hydrogen) atoms. The van der Waals surface area contributed by atoms with Crippen molar-refractivity contribution in [1.82, 2.24) is 4.90 Å². The predicted octanol–water partition coefficient (Wildman–Crippen LogP) is 4.40. The molecular formula is C21H22F2N2O2. The van der Waals surface area contributed by atoms with Gasteiger partial charge in [0.25, 0.3) is 0 Å². The molecule has 6 heteroatoms. The molecule has 0 aliphatic carbocycles. The maximum Gasteiger partial charge on any atom is 0.387 e. The van der Waals surface area contributed by atoms with Crippen LogP contribution in [0, 0.1) is 0 Å². The number of ether oxygens (including phenoxy) is 1. The number of hydrogen-bond acceptors (Lipinski definition) is 3. The number of hydrogen-bond donors (Lipinski definition) is 1. The first-order valence-electron chi connectivity index (χ1n) is 8.87. The standard InChI is InChI=1S/C21H22F2N2O2/c1-15(20(26)24-18-7-9-19(10-8-18)27-21(22)23)25-13-11-17(12-14-25)16-5-3-2-4-6-16/h2-11,15,21H,12-14H2,1H3,(H,24,26). The SMILES string of the molecule is CC(C(=O)Nc1ccc(OC(F)F)cc1)N1CC=C(c2ccccc2)CC1. The number of nitrogens with zero attached hydrogens (tertiary/aromatic N) is 1. The van der Waals surface area contributed by atoms with Crippen LogP contribution in [0.1, 0.15) is 18.9 Å². The highest BCUT2D eigenvalue weighted by Crippen LogP contribution is 2.23. The largest absolute Gasteiger partial charge is 0.435 e. The summed E-state index contributed by atoms with van der Waals surface area (Å²) in [6, 6.07) is 15.8. The number of rotatable bonds is 6. The lowest BCUT2D eigenvalue weighted by molar-refractivity contribution is -0.120. The van der Waals surface area contributed by atoms with Gasteiger partial charge in [0, 0.05) is 18.8 Å². The van der Waals surface area contributed by atoms with Gasteiger partial charge in [-0.2, -0.15) is 8.78 Å². The minimum Gasteiger partial charge on any atom is -0.435 e. The number of carbonyl (C=O) groups is 1.